The van der Waals surface area contributed by atoms with Crippen molar-refractivity contribution in [3.05, 3.63) is 36.4 Å². The van der Waals surface area contributed by atoms with E-state index >= 15 is 0 Å². The molecule has 2 aromatic rings. The van der Waals surface area contributed by atoms with Crippen LogP contribution in [0.1, 0.15) is 31.7 Å². The predicted molar refractivity (Wildman–Crippen MR) is 77.1 cm³/mol. The number of nitrogens with one attached hydrogen (secondary N) is 1. The minimum absolute atomic E-state index is 0.613. The molecule has 1 fully saturated rings. The highest BCUT2D eigenvalue weighted by Crippen LogP contribution is 2.39. The van der Waals surface area contributed by atoms with Crippen molar-refractivity contribution in [1.29, 1.82) is 0 Å². The summed E-state index contributed by atoms with van der Waals surface area (Å²) in [6.45, 7) is 1.12. The molecule has 1 aliphatic carbocycles. The number of rotatable bonds is 1. The Labute approximate surface area is 113 Å². The lowest BCUT2D eigenvalue weighted by atomic mass is 9.83. The van der Waals surface area contributed by atoms with Crippen LogP contribution in [0.3, 0.4) is 0 Å². The standard InChI is InChI=1S/C16H19N3/c1-2-6-12(7-3-1)14-10-16-17-11-13-8-4-5-9-15(13)19(16)18-14/h1-3,6-7,10,13,15,17H,4-5,8-9,11H2. The van der Waals surface area contributed by atoms with E-state index in [2.05, 4.69) is 46.4 Å². The van der Waals surface area contributed by atoms with Crippen molar-refractivity contribution < 1.29 is 0 Å². The van der Waals surface area contributed by atoms with Gasteiger partial charge in [0.15, 0.2) is 0 Å². The maximum atomic E-state index is 4.86. The van der Waals surface area contributed by atoms with Gasteiger partial charge in [-0.25, -0.2) is 4.68 Å². The highest BCUT2D eigenvalue weighted by Gasteiger charge is 2.32. The van der Waals surface area contributed by atoms with Crippen molar-refractivity contribution in [2.24, 2.45) is 5.92 Å². The van der Waals surface area contributed by atoms with Crippen molar-refractivity contribution in [1.82, 2.24) is 9.78 Å². The molecule has 98 valence electrons. The third-order valence-corrected chi connectivity index (χ3v) is 4.53. The molecule has 19 heavy (non-hydrogen) atoms. The van der Waals surface area contributed by atoms with Crippen LogP contribution in [0, 0.1) is 5.92 Å². The van der Waals surface area contributed by atoms with Gasteiger partial charge in [-0.1, -0.05) is 43.2 Å². The smallest absolute Gasteiger partial charge is 0.125 e. The van der Waals surface area contributed by atoms with Crippen LogP contribution in [-0.2, 0) is 0 Å². The van der Waals surface area contributed by atoms with Crippen LogP contribution < -0.4 is 5.32 Å². The minimum atomic E-state index is 0.613. The summed E-state index contributed by atoms with van der Waals surface area (Å²) in [4.78, 5) is 0. The van der Waals surface area contributed by atoms with E-state index in [1.165, 1.54) is 37.1 Å². The predicted octanol–water partition coefficient (Wildman–Crippen LogP) is 3.71. The van der Waals surface area contributed by atoms with Gasteiger partial charge in [-0.2, -0.15) is 5.10 Å². The number of aromatic nitrogens is 2. The van der Waals surface area contributed by atoms with Gasteiger partial charge in [-0.05, 0) is 18.8 Å². The number of nitrogens with zero attached hydrogens (tertiary/aromatic N) is 2. The van der Waals surface area contributed by atoms with E-state index in [0.717, 1.165) is 18.2 Å². The molecule has 0 radical (unpaired) electrons. The quantitative estimate of drug-likeness (QED) is 0.839. The van der Waals surface area contributed by atoms with E-state index in [0.29, 0.717) is 6.04 Å². The van der Waals surface area contributed by atoms with Crippen molar-refractivity contribution >= 4 is 5.82 Å². The Balaban J connectivity index is 1.73. The second kappa shape index (κ2) is 4.41. The molecule has 2 unspecified atom stereocenters. The lowest BCUT2D eigenvalue weighted by Gasteiger charge is -2.36. The molecule has 1 aromatic carbocycles. The zero-order chi connectivity index (χ0) is 12.7. The third-order valence-electron chi connectivity index (χ3n) is 4.53. The van der Waals surface area contributed by atoms with E-state index in [1.807, 2.05) is 0 Å². The Kier molecular flexibility index (Phi) is 2.57. The summed E-state index contributed by atoms with van der Waals surface area (Å²) in [5.41, 5.74) is 2.30. The zero-order valence-corrected chi connectivity index (χ0v) is 11.0. The Morgan fingerprint density at radius 1 is 1.11 bits per heavy atom. The average Bonchev–Trinajstić information content (AvgIpc) is 2.93. The molecule has 1 aliphatic heterocycles. The summed E-state index contributed by atoms with van der Waals surface area (Å²) in [5, 5.41) is 8.41. The zero-order valence-electron chi connectivity index (χ0n) is 11.0. The van der Waals surface area contributed by atoms with E-state index in [9.17, 15) is 0 Å². The Morgan fingerprint density at radius 3 is 2.84 bits per heavy atom. The fraction of sp³-hybridized carbons (Fsp3) is 0.438. The first-order valence-corrected chi connectivity index (χ1v) is 7.31. The second-order valence-corrected chi connectivity index (χ2v) is 5.72. The van der Waals surface area contributed by atoms with E-state index in [-0.39, 0.29) is 0 Å². The van der Waals surface area contributed by atoms with Crippen molar-refractivity contribution in [3.63, 3.8) is 0 Å². The molecule has 3 heteroatoms. The number of fused-ring (bicyclic) bond motifs is 3. The first-order chi connectivity index (χ1) is 9.42. The molecule has 3 nitrogen and oxygen atoms in total. The van der Waals surface area contributed by atoms with Crippen molar-refractivity contribution in [2.75, 3.05) is 11.9 Å². The van der Waals surface area contributed by atoms with E-state index < -0.39 is 0 Å². The summed E-state index contributed by atoms with van der Waals surface area (Å²) in [5.74, 6) is 1.96. The lowest BCUT2D eigenvalue weighted by Crippen LogP contribution is -2.34. The molecule has 2 atom stereocenters. The summed E-state index contributed by atoms with van der Waals surface area (Å²) in [6.07, 6.45) is 5.36. The maximum absolute atomic E-state index is 4.86. The Bertz CT molecular complexity index is 573. The Hall–Kier alpha value is -1.77. The largest absolute Gasteiger partial charge is 0.370 e. The highest BCUT2D eigenvalue weighted by molar-refractivity contribution is 5.63. The Morgan fingerprint density at radius 2 is 1.95 bits per heavy atom. The van der Waals surface area contributed by atoms with Crippen molar-refractivity contribution in [3.8, 4) is 11.3 Å². The number of benzene rings is 1. The number of hydrogen-bond acceptors (Lipinski definition) is 2. The fourth-order valence-corrected chi connectivity index (χ4v) is 3.51. The summed E-state index contributed by atoms with van der Waals surface area (Å²) < 4.78 is 2.25. The first kappa shape index (κ1) is 11.1. The van der Waals surface area contributed by atoms with E-state index in [4.69, 9.17) is 5.10 Å². The maximum Gasteiger partial charge on any atom is 0.125 e. The van der Waals surface area contributed by atoms with Gasteiger partial charge in [-0.15, -0.1) is 0 Å². The van der Waals surface area contributed by atoms with Crippen LogP contribution in [0.25, 0.3) is 11.3 Å². The molecular weight excluding hydrogens is 234 g/mol. The molecule has 0 amide bonds. The van der Waals surface area contributed by atoms with Crippen LogP contribution >= 0.6 is 0 Å². The summed E-state index contributed by atoms with van der Waals surface area (Å²) >= 11 is 0. The van der Waals surface area contributed by atoms with Crippen molar-refractivity contribution in [2.45, 2.75) is 31.7 Å². The van der Waals surface area contributed by atoms with Gasteiger partial charge in [0, 0.05) is 18.2 Å². The minimum Gasteiger partial charge on any atom is -0.370 e. The fourth-order valence-electron chi connectivity index (χ4n) is 3.51. The van der Waals surface area contributed by atoms with Gasteiger partial charge in [0.2, 0.25) is 0 Å². The molecule has 1 aromatic heterocycles. The van der Waals surface area contributed by atoms with Gasteiger partial charge >= 0.3 is 0 Å². The van der Waals surface area contributed by atoms with Gasteiger partial charge in [0.05, 0.1) is 11.7 Å². The monoisotopic (exact) mass is 253 g/mol. The van der Waals surface area contributed by atoms with E-state index in [1.54, 1.807) is 0 Å². The van der Waals surface area contributed by atoms with Crippen LogP contribution in [0.2, 0.25) is 0 Å². The molecule has 0 saturated heterocycles. The van der Waals surface area contributed by atoms with Crippen LogP contribution in [0.5, 0.6) is 0 Å². The molecule has 1 N–H and O–H groups in total. The third kappa shape index (κ3) is 1.84. The molecule has 2 aliphatic rings. The summed E-state index contributed by atoms with van der Waals surface area (Å²) in [6, 6.07) is 13.3. The van der Waals surface area contributed by atoms with Gasteiger partial charge < -0.3 is 5.32 Å². The summed E-state index contributed by atoms with van der Waals surface area (Å²) in [7, 11) is 0. The topological polar surface area (TPSA) is 29.9 Å². The number of anilines is 1. The molecule has 0 spiro atoms. The SMILES string of the molecule is c1ccc(-c2cc3n(n2)C2CCCCC2CN3)cc1. The van der Waals surface area contributed by atoms with Gasteiger partial charge in [-0.3, -0.25) is 0 Å². The molecule has 2 heterocycles. The van der Waals surface area contributed by atoms with Crippen LogP contribution in [0.4, 0.5) is 5.82 Å². The average molecular weight is 253 g/mol. The van der Waals surface area contributed by atoms with Crippen LogP contribution in [0.15, 0.2) is 36.4 Å². The van der Waals surface area contributed by atoms with Gasteiger partial charge in [0.25, 0.3) is 0 Å². The lowest BCUT2D eigenvalue weighted by molar-refractivity contribution is 0.223. The van der Waals surface area contributed by atoms with Gasteiger partial charge in [0.1, 0.15) is 5.82 Å². The molecule has 4 rings (SSSR count). The molecule has 0 bridgehead atoms. The highest BCUT2D eigenvalue weighted by atomic mass is 15.4. The second-order valence-electron chi connectivity index (χ2n) is 5.72. The molecule has 1 saturated carbocycles. The first-order valence-electron chi connectivity index (χ1n) is 7.31. The van der Waals surface area contributed by atoms with Crippen LogP contribution in [-0.4, -0.2) is 16.3 Å². The number of hydrogen-bond donors (Lipinski definition) is 1. The molecular formula is C16H19N3. The normalized spacial score (nSPS) is 25.3.